The van der Waals surface area contributed by atoms with Crippen molar-refractivity contribution in [2.24, 2.45) is 0 Å². The molecule has 1 aliphatic heterocycles. The summed E-state index contributed by atoms with van der Waals surface area (Å²) in [5.41, 5.74) is 0. The Labute approximate surface area is 87.0 Å². The molecule has 1 aliphatic rings. The van der Waals surface area contributed by atoms with Gasteiger partial charge in [0, 0.05) is 23.4 Å². The first-order valence-electron chi connectivity index (χ1n) is 4.34. The van der Waals surface area contributed by atoms with Crippen LogP contribution in [-0.4, -0.2) is 23.9 Å². The Balaban J connectivity index is 2.12. The normalized spacial score (nSPS) is 16.5. The predicted molar refractivity (Wildman–Crippen MR) is 56.7 cm³/mol. The zero-order valence-electron chi connectivity index (χ0n) is 7.19. The molecule has 1 aromatic heterocycles. The highest BCUT2D eigenvalue weighted by molar-refractivity contribution is 7.80. The van der Waals surface area contributed by atoms with Crippen LogP contribution in [0.2, 0.25) is 0 Å². The number of thiol groups is 1. The smallest absolute Gasteiger partial charge is 0.263 e. The van der Waals surface area contributed by atoms with Gasteiger partial charge in [0.25, 0.3) is 5.91 Å². The van der Waals surface area contributed by atoms with Crippen molar-refractivity contribution in [2.75, 3.05) is 13.1 Å². The van der Waals surface area contributed by atoms with E-state index in [2.05, 4.69) is 12.6 Å². The van der Waals surface area contributed by atoms with Crippen LogP contribution in [0.15, 0.2) is 16.3 Å². The standard InChI is InChI=1S/C9H11NOS2/c11-9(10-3-1-2-4-10)8-5-7(12)6-13-8/h5-6,12H,1-4H2. The van der Waals surface area contributed by atoms with E-state index in [-0.39, 0.29) is 5.91 Å². The third-order valence-corrected chi connectivity index (χ3v) is 3.54. The van der Waals surface area contributed by atoms with Crippen LogP contribution in [0.3, 0.4) is 0 Å². The second kappa shape index (κ2) is 3.72. The van der Waals surface area contributed by atoms with Gasteiger partial charge in [0.15, 0.2) is 0 Å². The molecular formula is C9H11NOS2. The minimum absolute atomic E-state index is 0.169. The molecule has 0 N–H and O–H groups in total. The summed E-state index contributed by atoms with van der Waals surface area (Å²) in [5, 5.41) is 1.90. The molecular weight excluding hydrogens is 202 g/mol. The minimum Gasteiger partial charge on any atom is -0.338 e. The molecule has 70 valence electrons. The number of likely N-dealkylation sites (tertiary alicyclic amines) is 1. The predicted octanol–water partition coefficient (Wildman–Crippen LogP) is 2.27. The van der Waals surface area contributed by atoms with Crippen molar-refractivity contribution >= 4 is 29.9 Å². The van der Waals surface area contributed by atoms with Gasteiger partial charge in [0.2, 0.25) is 0 Å². The molecule has 4 heteroatoms. The summed E-state index contributed by atoms with van der Waals surface area (Å²) in [5.74, 6) is 0.169. The molecule has 0 saturated carbocycles. The van der Waals surface area contributed by atoms with Crippen LogP contribution in [0.25, 0.3) is 0 Å². The molecule has 0 spiro atoms. The third-order valence-electron chi connectivity index (χ3n) is 2.19. The van der Waals surface area contributed by atoms with E-state index in [1.54, 1.807) is 0 Å². The lowest BCUT2D eigenvalue weighted by Gasteiger charge is -2.13. The van der Waals surface area contributed by atoms with Gasteiger partial charge >= 0.3 is 0 Å². The number of amides is 1. The summed E-state index contributed by atoms with van der Waals surface area (Å²) in [7, 11) is 0. The Morgan fingerprint density at radius 2 is 2.15 bits per heavy atom. The van der Waals surface area contributed by atoms with E-state index >= 15 is 0 Å². The molecule has 1 amide bonds. The van der Waals surface area contributed by atoms with Gasteiger partial charge in [0.1, 0.15) is 0 Å². The molecule has 2 rings (SSSR count). The zero-order valence-corrected chi connectivity index (χ0v) is 8.90. The lowest BCUT2D eigenvalue weighted by Crippen LogP contribution is -2.26. The number of hydrogen-bond donors (Lipinski definition) is 1. The summed E-state index contributed by atoms with van der Waals surface area (Å²) in [6.07, 6.45) is 2.29. The lowest BCUT2D eigenvalue weighted by molar-refractivity contribution is 0.0797. The first-order chi connectivity index (χ1) is 6.27. The van der Waals surface area contributed by atoms with Gasteiger partial charge in [-0.2, -0.15) is 0 Å². The van der Waals surface area contributed by atoms with E-state index in [1.165, 1.54) is 11.3 Å². The van der Waals surface area contributed by atoms with Crippen molar-refractivity contribution in [1.82, 2.24) is 4.90 Å². The van der Waals surface area contributed by atoms with E-state index < -0.39 is 0 Å². The average molecular weight is 213 g/mol. The molecule has 0 aliphatic carbocycles. The van der Waals surface area contributed by atoms with Crippen LogP contribution in [-0.2, 0) is 0 Å². The molecule has 2 nitrogen and oxygen atoms in total. The van der Waals surface area contributed by atoms with E-state index in [1.807, 2.05) is 16.3 Å². The van der Waals surface area contributed by atoms with Crippen molar-refractivity contribution in [1.29, 1.82) is 0 Å². The number of nitrogens with zero attached hydrogens (tertiary/aromatic N) is 1. The fourth-order valence-corrected chi connectivity index (χ4v) is 2.63. The quantitative estimate of drug-likeness (QED) is 0.710. The Morgan fingerprint density at radius 3 is 2.69 bits per heavy atom. The summed E-state index contributed by atoms with van der Waals surface area (Å²) >= 11 is 5.66. The average Bonchev–Trinajstić information content (AvgIpc) is 2.72. The molecule has 0 bridgehead atoms. The van der Waals surface area contributed by atoms with Crippen LogP contribution in [0.4, 0.5) is 0 Å². The Bertz CT molecular complexity index is 315. The lowest BCUT2D eigenvalue weighted by atomic mass is 10.4. The number of thiophene rings is 1. The highest BCUT2D eigenvalue weighted by Gasteiger charge is 2.20. The van der Waals surface area contributed by atoms with E-state index in [9.17, 15) is 4.79 Å². The second-order valence-corrected chi connectivity index (χ2v) is 4.60. The fourth-order valence-electron chi connectivity index (χ4n) is 1.51. The van der Waals surface area contributed by atoms with Crippen molar-refractivity contribution in [3.63, 3.8) is 0 Å². The van der Waals surface area contributed by atoms with Crippen molar-refractivity contribution in [3.05, 3.63) is 16.3 Å². The SMILES string of the molecule is O=C(c1cc(S)cs1)N1CCCC1. The molecule has 1 aromatic rings. The number of rotatable bonds is 1. The molecule has 0 radical (unpaired) electrons. The summed E-state index contributed by atoms with van der Waals surface area (Å²) in [4.78, 5) is 15.4. The van der Waals surface area contributed by atoms with Gasteiger partial charge in [-0.05, 0) is 18.9 Å². The van der Waals surface area contributed by atoms with Crippen LogP contribution in [0, 0.1) is 0 Å². The van der Waals surface area contributed by atoms with E-state index in [4.69, 9.17) is 0 Å². The van der Waals surface area contributed by atoms with Crippen molar-refractivity contribution in [3.8, 4) is 0 Å². The van der Waals surface area contributed by atoms with Gasteiger partial charge in [-0.25, -0.2) is 0 Å². The maximum Gasteiger partial charge on any atom is 0.263 e. The van der Waals surface area contributed by atoms with Crippen LogP contribution >= 0.6 is 24.0 Å². The number of carbonyl (C=O) groups excluding carboxylic acids is 1. The number of carbonyl (C=O) groups is 1. The van der Waals surface area contributed by atoms with Gasteiger partial charge in [-0.1, -0.05) is 0 Å². The van der Waals surface area contributed by atoms with Gasteiger partial charge in [0.05, 0.1) is 4.88 Å². The summed E-state index contributed by atoms with van der Waals surface area (Å²) in [6.45, 7) is 1.83. The molecule has 0 aromatic carbocycles. The highest BCUT2D eigenvalue weighted by atomic mass is 32.1. The first-order valence-corrected chi connectivity index (χ1v) is 5.67. The molecule has 1 fully saturated rings. The molecule has 0 atom stereocenters. The minimum atomic E-state index is 0.169. The third kappa shape index (κ3) is 1.89. The Morgan fingerprint density at radius 1 is 1.46 bits per heavy atom. The maximum atomic E-state index is 11.8. The number of hydrogen-bond acceptors (Lipinski definition) is 3. The second-order valence-electron chi connectivity index (χ2n) is 3.17. The topological polar surface area (TPSA) is 20.3 Å². The van der Waals surface area contributed by atoms with Gasteiger partial charge < -0.3 is 4.90 Å². The van der Waals surface area contributed by atoms with E-state index in [0.717, 1.165) is 35.7 Å². The largest absolute Gasteiger partial charge is 0.338 e. The molecule has 13 heavy (non-hydrogen) atoms. The summed E-state index contributed by atoms with van der Waals surface area (Å²) < 4.78 is 0. The summed E-state index contributed by atoms with van der Waals surface area (Å²) in [6, 6.07) is 1.84. The Kier molecular flexibility index (Phi) is 2.60. The highest BCUT2D eigenvalue weighted by Crippen LogP contribution is 2.21. The van der Waals surface area contributed by atoms with Crippen LogP contribution in [0.1, 0.15) is 22.5 Å². The van der Waals surface area contributed by atoms with Crippen LogP contribution in [0.5, 0.6) is 0 Å². The van der Waals surface area contributed by atoms with Crippen molar-refractivity contribution in [2.45, 2.75) is 17.7 Å². The van der Waals surface area contributed by atoms with E-state index in [0.29, 0.717) is 0 Å². The van der Waals surface area contributed by atoms with Gasteiger partial charge in [-0.15, -0.1) is 24.0 Å². The molecule has 0 unspecified atom stereocenters. The van der Waals surface area contributed by atoms with Gasteiger partial charge in [-0.3, -0.25) is 4.79 Å². The molecule has 1 saturated heterocycles. The monoisotopic (exact) mass is 213 g/mol. The maximum absolute atomic E-state index is 11.8. The van der Waals surface area contributed by atoms with Crippen LogP contribution < -0.4 is 0 Å². The first kappa shape index (κ1) is 9.09. The fraction of sp³-hybridized carbons (Fsp3) is 0.444. The molecule has 2 heterocycles. The zero-order chi connectivity index (χ0) is 9.26. The Hall–Kier alpha value is -0.480. The van der Waals surface area contributed by atoms with Crippen molar-refractivity contribution < 1.29 is 4.79 Å².